The second-order valence-corrected chi connectivity index (χ2v) is 30.5. The van der Waals surface area contributed by atoms with Crippen LogP contribution in [0.3, 0.4) is 0 Å². The first-order valence-corrected chi connectivity index (χ1v) is 43.5. The van der Waals surface area contributed by atoms with E-state index in [0.29, 0.717) is 66.0 Å². The minimum absolute atomic E-state index is 0.0277. The molecule has 0 N–H and O–H groups in total. The zero-order chi connectivity index (χ0) is 83.9. The molecule has 0 fully saturated rings. The van der Waals surface area contributed by atoms with Gasteiger partial charge in [-0.05, 0) is 117 Å². The van der Waals surface area contributed by atoms with Gasteiger partial charge in [0.25, 0.3) is 10.1 Å². The molecule has 13 aromatic rings. The molecule has 13 rings (SSSR count). The van der Waals surface area contributed by atoms with Gasteiger partial charge in [-0.1, -0.05) is 65.2 Å². The Balaban J connectivity index is 0.000000242. The van der Waals surface area contributed by atoms with Crippen molar-refractivity contribution in [3.8, 4) is 66.8 Å². The molecule has 22 heteroatoms. The van der Waals surface area contributed by atoms with E-state index >= 15 is 0 Å². The zero-order valence-corrected chi connectivity index (χ0v) is 71.7. The van der Waals surface area contributed by atoms with Crippen LogP contribution in [-0.4, -0.2) is 104 Å². The Hall–Kier alpha value is -11.3. The third-order valence-corrected chi connectivity index (χ3v) is 20.7. The summed E-state index contributed by atoms with van der Waals surface area (Å²) >= 11 is 0. The Bertz CT molecular complexity index is 4890. The molecular weight excluding hydrogens is 1520 g/mol. The minimum Gasteiger partial charge on any atom is -0.375 e. The Morgan fingerprint density at radius 3 is 0.575 bits per heavy atom. The van der Waals surface area contributed by atoms with Crippen molar-refractivity contribution in [3.05, 3.63) is 324 Å². The minimum atomic E-state index is -3.78. The fourth-order valence-electron chi connectivity index (χ4n) is 12.5. The van der Waals surface area contributed by atoms with Gasteiger partial charge in [-0.25, -0.2) is 45.7 Å². The molecule has 0 aliphatic heterocycles. The van der Waals surface area contributed by atoms with E-state index in [1.54, 1.807) is 24.3 Å². The number of ether oxygens (including phenoxy) is 6. The molecule has 12 aromatic heterocycles. The highest BCUT2D eigenvalue weighted by molar-refractivity contribution is 7.86. The Labute approximate surface area is 710 Å². The molecule has 1 aromatic carbocycles. The molecule has 0 spiro atoms. The maximum absolute atomic E-state index is 12.3. The molecule has 0 bridgehead atoms. The summed E-state index contributed by atoms with van der Waals surface area (Å²) < 4.78 is 86.0. The maximum Gasteiger partial charge on any atom is 0.297 e. The number of rotatable bonds is 43. The predicted octanol–water partition coefficient (Wildman–Crippen LogP) is 11.9. The van der Waals surface area contributed by atoms with Crippen molar-refractivity contribution >= 4 is 10.1 Å². The van der Waals surface area contributed by atoms with Gasteiger partial charge < -0.3 is 28.4 Å². The maximum atomic E-state index is 12.3. The molecule has 0 saturated carbocycles. The van der Waals surface area contributed by atoms with Crippen molar-refractivity contribution in [1.82, 2.24) is 9.97 Å². The molecule has 0 aliphatic carbocycles. The fraction of sp³-hybridized carbons (Fsp3) is 0.327. The highest BCUT2D eigenvalue weighted by Gasteiger charge is 2.17. The average molecular weight is 1640 g/mol. The van der Waals surface area contributed by atoms with Gasteiger partial charge in [-0.15, -0.1) is 0 Å². The number of benzene rings is 1. The monoisotopic (exact) mass is 1640 g/mol. The summed E-state index contributed by atoms with van der Waals surface area (Å²) in [6.45, 7) is 27.9. The standard InChI is InChI=1S/C52H56N8O3.C40H50N4O6S.2C3H8/c1-17-53-18-2-45(1)47-5-21-55(22-6-47)33-39-61-41-35-57-25-9-49(10-26-57)51-13-29-59(30-14-51)37-43-63-44-38-60-31-15-52(16-32-60)50-11-27-58(28-12-50)36-42-62-40-34-56-23-7-48(8-24-56)46-3-19-54-20-4-46;1-3-28-47-29-24-41-16-8-36(9-17-41)37-10-18-42(19-11-37)25-30-48-31-26-43-20-12-38(13-21-43)39-14-22-44(23-15-39)27-32-49-33-34-50-51(45,46)40-6-4-35(2)5-7-40;2*1-3-2/h1-32H,33-44H2;4-23H,3,24-34H2,1-2H3;2*3H2,1-2H3/q+6;+4;;. The Morgan fingerprint density at radius 1 is 0.225 bits per heavy atom. The molecule has 0 unspecified atom stereocenters. The first-order valence-electron chi connectivity index (χ1n) is 42.1. The van der Waals surface area contributed by atoms with E-state index in [4.69, 9.17) is 32.6 Å². The van der Waals surface area contributed by atoms with E-state index in [1.165, 1.54) is 68.5 Å². The van der Waals surface area contributed by atoms with Crippen molar-refractivity contribution in [2.45, 2.75) is 131 Å². The number of aryl methyl sites for hydroxylation is 1. The number of hydrogen-bond donors (Lipinski definition) is 0. The molecule has 0 aliphatic rings. The van der Waals surface area contributed by atoms with Gasteiger partial charge in [0.1, 0.15) is 66.1 Å². The van der Waals surface area contributed by atoms with Crippen molar-refractivity contribution < 1.29 is 86.7 Å². The van der Waals surface area contributed by atoms with Gasteiger partial charge in [0.2, 0.25) is 0 Å². The van der Waals surface area contributed by atoms with Gasteiger partial charge in [0, 0.05) is 153 Å². The third-order valence-electron chi connectivity index (χ3n) is 19.3. The van der Waals surface area contributed by atoms with Crippen LogP contribution in [-0.2, 0) is 108 Å². The highest BCUT2D eigenvalue weighted by Crippen LogP contribution is 2.22. The summed E-state index contributed by atoms with van der Waals surface area (Å²) in [4.78, 5) is 8.34. The summed E-state index contributed by atoms with van der Waals surface area (Å²) in [6, 6.07) is 57.4. The quantitative estimate of drug-likeness (QED) is 0.0203. The van der Waals surface area contributed by atoms with Gasteiger partial charge in [0.05, 0.1) is 18.1 Å². The topological polar surface area (TPSA) is 163 Å². The molecule has 624 valence electrons. The first-order chi connectivity index (χ1) is 58.9. The lowest BCUT2D eigenvalue weighted by atomic mass is 10.1. The van der Waals surface area contributed by atoms with Crippen LogP contribution < -0.4 is 45.7 Å². The molecule has 12 heterocycles. The smallest absolute Gasteiger partial charge is 0.297 e. The van der Waals surface area contributed by atoms with E-state index in [2.05, 4.69) is 319 Å². The van der Waals surface area contributed by atoms with Crippen molar-refractivity contribution in [2.75, 3.05) is 85.9 Å². The fourth-order valence-corrected chi connectivity index (χ4v) is 13.4. The lowest BCUT2D eigenvalue weighted by Crippen LogP contribution is -2.38. The number of hydrogen-bond acceptors (Lipinski definition) is 11. The van der Waals surface area contributed by atoms with Crippen LogP contribution in [0.1, 0.15) is 59.4 Å². The normalized spacial score (nSPS) is 11.1. The average Bonchev–Trinajstić information content (AvgIpc) is 0.864. The lowest BCUT2D eigenvalue weighted by Gasteiger charge is -2.06. The Morgan fingerprint density at radius 2 is 0.392 bits per heavy atom. The predicted molar refractivity (Wildman–Crippen MR) is 460 cm³/mol. The molecule has 0 amide bonds. The van der Waals surface area contributed by atoms with Crippen LogP contribution in [0.4, 0.5) is 0 Å². The molecule has 0 radical (unpaired) electrons. The summed E-state index contributed by atoms with van der Waals surface area (Å²) in [5, 5.41) is 0. The van der Waals surface area contributed by atoms with E-state index in [9.17, 15) is 8.42 Å². The molecular formula is C98H122N12O9S+10. The van der Waals surface area contributed by atoms with Crippen LogP contribution in [0.2, 0.25) is 0 Å². The van der Waals surface area contributed by atoms with Crippen molar-refractivity contribution in [1.29, 1.82) is 0 Å². The van der Waals surface area contributed by atoms with Crippen LogP contribution in [0, 0.1) is 6.92 Å². The van der Waals surface area contributed by atoms with E-state index in [0.717, 1.165) is 95.2 Å². The van der Waals surface area contributed by atoms with Crippen molar-refractivity contribution in [2.24, 2.45) is 0 Å². The van der Waals surface area contributed by atoms with E-state index in [1.807, 2.05) is 72.9 Å². The SMILES string of the molecule is CCC.CCC.CCCOCC[n+]1ccc(-c2cc[n+](CCOCC[n+]3ccc(-c4cc[n+](CCOCCOS(=O)(=O)c5ccc(C)cc5)cc4)cc3)cc2)cc1.c1cc(-c2cc[n+](CCOCC[n+]3ccc(-c4cc[n+](CCOCC[n+]5ccc(-c6cc[n+](CCOCC[n+]7ccc(-c8ccncc8)cc7)cc6)cc5)cc4)cc3)cc2)ccn1. The third kappa shape index (κ3) is 32.1. The first kappa shape index (κ1) is 91.0. The second kappa shape index (κ2) is 51.9. The second-order valence-electron chi connectivity index (χ2n) is 28.9. The Kier molecular flexibility index (Phi) is 39.4. The number of aromatic nitrogens is 12. The van der Waals surface area contributed by atoms with E-state index in [-0.39, 0.29) is 18.1 Å². The van der Waals surface area contributed by atoms with Crippen molar-refractivity contribution in [3.63, 3.8) is 0 Å². The number of pyridine rings is 12. The number of nitrogens with zero attached hydrogens (tertiary/aromatic N) is 12. The summed E-state index contributed by atoms with van der Waals surface area (Å²) in [5.74, 6) is 0. The molecule has 120 heavy (non-hydrogen) atoms. The van der Waals surface area contributed by atoms with Gasteiger partial charge in [-0.3, -0.25) is 14.2 Å². The van der Waals surface area contributed by atoms with Gasteiger partial charge in [-0.2, -0.15) is 8.42 Å². The molecule has 0 atom stereocenters. The molecule has 0 saturated heterocycles. The van der Waals surface area contributed by atoms with Gasteiger partial charge >= 0.3 is 0 Å². The summed E-state index contributed by atoms with van der Waals surface area (Å²) in [7, 11) is -3.78. The van der Waals surface area contributed by atoms with Crippen LogP contribution >= 0.6 is 0 Å². The summed E-state index contributed by atoms with van der Waals surface area (Å²) in [5.41, 5.74) is 15.1. The summed E-state index contributed by atoms with van der Waals surface area (Å²) in [6.07, 6.45) is 52.8. The lowest BCUT2D eigenvalue weighted by molar-refractivity contribution is -0.705. The largest absolute Gasteiger partial charge is 0.375 e. The zero-order valence-electron chi connectivity index (χ0n) is 70.9. The van der Waals surface area contributed by atoms with Crippen LogP contribution in [0.5, 0.6) is 0 Å². The molecule has 21 nitrogen and oxygen atoms in total. The van der Waals surface area contributed by atoms with Gasteiger partial charge in [0.15, 0.2) is 189 Å². The van der Waals surface area contributed by atoms with Crippen LogP contribution in [0.25, 0.3) is 66.8 Å². The highest BCUT2D eigenvalue weighted by atomic mass is 32.2. The van der Waals surface area contributed by atoms with Crippen LogP contribution in [0.15, 0.2) is 323 Å². The van der Waals surface area contributed by atoms with E-state index < -0.39 is 10.1 Å².